The van der Waals surface area contributed by atoms with E-state index in [-0.39, 0.29) is 6.04 Å². The van der Waals surface area contributed by atoms with Crippen molar-refractivity contribution in [1.82, 2.24) is 0 Å². The van der Waals surface area contributed by atoms with Crippen LogP contribution >= 0.6 is 27.7 Å². The first-order chi connectivity index (χ1) is 9.61. The first kappa shape index (κ1) is 15.6. The van der Waals surface area contributed by atoms with Crippen LogP contribution in [0.2, 0.25) is 0 Å². The fraction of sp³-hybridized carbons (Fsp3) is 0.294. The van der Waals surface area contributed by atoms with Crippen molar-refractivity contribution >= 4 is 27.7 Å². The smallest absolute Gasteiger partial charge is 0.0498 e. The second kappa shape index (κ2) is 7.30. The molecule has 0 aromatic heterocycles. The Morgan fingerprint density at radius 1 is 1.10 bits per heavy atom. The van der Waals surface area contributed by atoms with Crippen molar-refractivity contribution in [1.29, 1.82) is 0 Å². The van der Waals surface area contributed by atoms with E-state index < -0.39 is 0 Å². The van der Waals surface area contributed by atoms with Crippen LogP contribution in [-0.4, -0.2) is 6.04 Å². The average Bonchev–Trinajstić information content (AvgIpc) is 2.47. The molecule has 0 fully saturated rings. The zero-order valence-corrected chi connectivity index (χ0v) is 14.2. The fourth-order valence-corrected chi connectivity index (χ4v) is 3.77. The van der Waals surface area contributed by atoms with E-state index in [4.69, 9.17) is 5.73 Å². The maximum atomic E-state index is 6.37. The van der Waals surface area contributed by atoms with Gasteiger partial charge < -0.3 is 5.73 Å². The molecular weight excluding hydrogens is 330 g/mol. The van der Waals surface area contributed by atoms with Gasteiger partial charge in [-0.3, -0.25) is 0 Å². The third-order valence-corrected chi connectivity index (χ3v) is 5.36. The fourth-order valence-electron chi connectivity index (χ4n) is 2.16. The minimum Gasteiger partial charge on any atom is -0.326 e. The van der Waals surface area contributed by atoms with Gasteiger partial charge in [0.25, 0.3) is 0 Å². The number of nitrogens with two attached hydrogens (primary N) is 1. The molecule has 20 heavy (non-hydrogen) atoms. The summed E-state index contributed by atoms with van der Waals surface area (Å²) >= 11 is 5.33. The number of benzene rings is 2. The van der Waals surface area contributed by atoms with E-state index in [1.807, 2.05) is 11.8 Å². The van der Waals surface area contributed by atoms with Crippen LogP contribution in [0.5, 0.6) is 0 Å². The van der Waals surface area contributed by atoms with Gasteiger partial charge >= 0.3 is 0 Å². The highest BCUT2D eigenvalue weighted by Gasteiger charge is 2.21. The molecule has 0 spiro atoms. The van der Waals surface area contributed by atoms with Crippen LogP contribution in [-0.2, 0) is 0 Å². The summed E-state index contributed by atoms with van der Waals surface area (Å²) in [4.78, 5) is 1.25. The monoisotopic (exact) mass is 349 g/mol. The van der Waals surface area contributed by atoms with Gasteiger partial charge in [0, 0.05) is 20.7 Å². The summed E-state index contributed by atoms with van der Waals surface area (Å²) in [6, 6.07) is 17.1. The van der Waals surface area contributed by atoms with Crippen LogP contribution < -0.4 is 5.73 Å². The maximum Gasteiger partial charge on any atom is 0.0498 e. The molecule has 0 aliphatic rings. The van der Waals surface area contributed by atoms with Gasteiger partial charge in [-0.25, -0.2) is 0 Å². The van der Waals surface area contributed by atoms with Crippen LogP contribution in [0, 0.1) is 6.92 Å². The van der Waals surface area contributed by atoms with Crippen molar-refractivity contribution in [3.63, 3.8) is 0 Å². The van der Waals surface area contributed by atoms with Gasteiger partial charge in [-0.05, 0) is 48.7 Å². The second-order valence-electron chi connectivity index (χ2n) is 4.92. The average molecular weight is 350 g/mol. The highest BCUT2D eigenvalue weighted by atomic mass is 79.9. The van der Waals surface area contributed by atoms with Crippen molar-refractivity contribution in [3.05, 3.63) is 64.1 Å². The number of hydrogen-bond donors (Lipinski definition) is 1. The highest BCUT2D eigenvalue weighted by molar-refractivity contribution is 9.10. The molecule has 0 aliphatic carbocycles. The summed E-state index contributed by atoms with van der Waals surface area (Å²) in [5.41, 5.74) is 9.02. The Kier molecular flexibility index (Phi) is 5.70. The summed E-state index contributed by atoms with van der Waals surface area (Å²) in [6.07, 6.45) is 0.975. The van der Waals surface area contributed by atoms with Crippen molar-refractivity contribution < 1.29 is 0 Å². The van der Waals surface area contributed by atoms with E-state index in [1.54, 1.807) is 0 Å². The Hall–Kier alpha value is -0.770. The zero-order valence-electron chi connectivity index (χ0n) is 11.8. The van der Waals surface area contributed by atoms with E-state index in [0.717, 1.165) is 10.9 Å². The largest absolute Gasteiger partial charge is 0.326 e. The molecule has 2 rings (SSSR count). The molecular formula is C17H20BrNS. The Bertz CT molecular complexity index is 553. The molecule has 0 heterocycles. The van der Waals surface area contributed by atoms with Crippen molar-refractivity contribution in [3.8, 4) is 0 Å². The number of aryl methyl sites for hydroxylation is 1. The first-order valence-corrected chi connectivity index (χ1v) is 8.52. The van der Waals surface area contributed by atoms with Crippen LogP contribution in [0.1, 0.15) is 29.7 Å². The molecule has 106 valence electrons. The first-order valence-electron chi connectivity index (χ1n) is 6.85. The minimum atomic E-state index is 0.157. The third-order valence-electron chi connectivity index (χ3n) is 3.43. The molecule has 1 nitrogen and oxygen atoms in total. The molecule has 0 amide bonds. The van der Waals surface area contributed by atoms with Crippen LogP contribution in [0.15, 0.2) is 57.9 Å². The van der Waals surface area contributed by atoms with E-state index in [9.17, 15) is 0 Å². The summed E-state index contributed by atoms with van der Waals surface area (Å²) < 4.78 is 1.11. The van der Waals surface area contributed by atoms with Crippen molar-refractivity contribution in [2.75, 3.05) is 0 Å². The van der Waals surface area contributed by atoms with Gasteiger partial charge in [-0.15, -0.1) is 11.8 Å². The normalized spacial score (nSPS) is 14.0. The van der Waals surface area contributed by atoms with E-state index >= 15 is 0 Å². The summed E-state index contributed by atoms with van der Waals surface area (Å²) in [6.45, 7) is 4.31. The van der Waals surface area contributed by atoms with Gasteiger partial charge in [0.1, 0.15) is 0 Å². The van der Waals surface area contributed by atoms with Gasteiger partial charge in [-0.2, -0.15) is 0 Å². The van der Waals surface area contributed by atoms with E-state index in [2.05, 4.69) is 78.3 Å². The minimum absolute atomic E-state index is 0.157. The number of halogens is 1. The molecule has 0 saturated heterocycles. The molecule has 2 aromatic carbocycles. The molecule has 2 aromatic rings. The van der Waals surface area contributed by atoms with Gasteiger partial charge in [0.2, 0.25) is 0 Å². The molecule has 0 bridgehead atoms. The molecule has 0 aliphatic heterocycles. The maximum absolute atomic E-state index is 6.37. The Balaban J connectivity index is 2.29. The van der Waals surface area contributed by atoms with Gasteiger partial charge in [-0.1, -0.05) is 47.1 Å². The topological polar surface area (TPSA) is 26.0 Å². The van der Waals surface area contributed by atoms with Crippen LogP contribution in [0.4, 0.5) is 0 Å². The number of rotatable bonds is 5. The van der Waals surface area contributed by atoms with Gasteiger partial charge in [0.15, 0.2) is 0 Å². The summed E-state index contributed by atoms with van der Waals surface area (Å²) in [5, 5.41) is 0.294. The standard InChI is InChI=1S/C17H20BrNS/c1-3-16(19)17(15-7-5-4-6-12(15)2)20-14-10-8-13(18)9-11-14/h4-11,16-17H,3,19H2,1-2H3. The lowest BCUT2D eigenvalue weighted by Crippen LogP contribution is -2.26. The second-order valence-corrected chi connectivity index (χ2v) is 7.05. The Labute approximate surface area is 134 Å². The number of thioether (sulfide) groups is 1. The quantitative estimate of drug-likeness (QED) is 0.738. The Morgan fingerprint density at radius 3 is 2.35 bits per heavy atom. The molecule has 0 radical (unpaired) electrons. The molecule has 2 atom stereocenters. The van der Waals surface area contributed by atoms with Crippen molar-refractivity contribution in [2.45, 2.75) is 36.5 Å². The molecule has 2 unspecified atom stereocenters. The Morgan fingerprint density at radius 2 is 1.75 bits per heavy atom. The SMILES string of the molecule is CCC(N)C(Sc1ccc(Br)cc1)c1ccccc1C. The lowest BCUT2D eigenvalue weighted by molar-refractivity contribution is 0.632. The summed E-state index contributed by atoms with van der Waals surface area (Å²) in [7, 11) is 0. The number of hydrogen-bond acceptors (Lipinski definition) is 2. The molecule has 3 heteroatoms. The molecule has 2 N–H and O–H groups in total. The van der Waals surface area contributed by atoms with Gasteiger partial charge in [0.05, 0.1) is 0 Å². The van der Waals surface area contributed by atoms with Crippen LogP contribution in [0.3, 0.4) is 0 Å². The van der Waals surface area contributed by atoms with E-state index in [1.165, 1.54) is 16.0 Å². The van der Waals surface area contributed by atoms with Crippen molar-refractivity contribution in [2.24, 2.45) is 5.73 Å². The zero-order chi connectivity index (χ0) is 14.5. The third kappa shape index (κ3) is 3.87. The predicted octanol–water partition coefficient (Wildman–Crippen LogP) is 5.33. The highest BCUT2D eigenvalue weighted by Crippen LogP contribution is 2.39. The van der Waals surface area contributed by atoms with E-state index in [0.29, 0.717) is 5.25 Å². The lowest BCUT2D eigenvalue weighted by Gasteiger charge is -2.24. The van der Waals surface area contributed by atoms with Crippen LogP contribution in [0.25, 0.3) is 0 Å². The molecule has 0 saturated carbocycles. The predicted molar refractivity (Wildman–Crippen MR) is 92.2 cm³/mol. The summed E-state index contributed by atoms with van der Waals surface area (Å²) in [5.74, 6) is 0. The lowest BCUT2D eigenvalue weighted by atomic mass is 10.00.